The molecule has 1 unspecified atom stereocenters. The molecule has 5 heteroatoms. The summed E-state index contributed by atoms with van der Waals surface area (Å²) in [7, 11) is 0. The zero-order valence-electron chi connectivity index (χ0n) is 8.07. The number of thiol groups is 1. The second-order valence-electron chi connectivity index (χ2n) is 3.10. The lowest BCUT2D eigenvalue weighted by Gasteiger charge is -2.24. The molecule has 1 saturated heterocycles. The molecule has 0 radical (unpaired) electrons. The quantitative estimate of drug-likeness (QED) is 0.534. The van der Waals surface area contributed by atoms with Crippen LogP contribution in [0.4, 0.5) is 4.79 Å². The summed E-state index contributed by atoms with van der Waals surface area (Å²) in [6, 6.07) is -0.243. The predicted molar refractivity (Wildman–Crippen MR) is 52.6 cm³/mol. The summed E-state index contributed by atoms with van der Waals surface area (Å²) < 4.78 is 0. The maximum absolute atomic E-state index is 11.6. The molecule has 1 heterocycles. The number of carbonyl (C=O) groups is 2. The number of likely N-dealkylation sites (N-methyl/N-ethyl adjacent to an activating group) is 2. The fraction of sp³-hybridized carbons (Fsp3) is 0.750. The minimum absolute atomic E-state index is 0.231. The van der Waals surface area contributed by atoms with E-state index in [-0.39, 0.29) is 11.9 Å². The van der Waals surface area contributed by atoms with Gasteiger partial charge in [0.2, 0.25) is 0 Å². The fourth-order valence-corrected chi connectivity index (χ4v) is 1.86. The monoisotopic (exact) mass is 202 g/mol. The molecule has 0 saturated carbocycles. The topological polar surface area (TPSA) is 40.6 Å². The van der Waals surface area contributed by atoms with E-state index >= 15 is 0 Å². The highest BCUT2D eigenvalue weighted by atomic mass is 32.1. The van der Waals surface area contributed by atoms with E-state index in [9.17, 15) is 9.59 Å². The van der Waals surface area contributed by atoms with Crippen molar-refractivity contribution in [3.63, 3.8) is 0 Å². The Morgan fingerprint density at radius 2 is 1.85 bits per heavy atom. The van der Waals surface area contributed by atoms with Crippen molar-refractivity contribution in [3.05, 3.63) is 0 Å². The molecule has 3 amide bonds. The Balaban J connectivity index is 3.03. The summed E-state index contributed by atoms with van der Waals surface area (Å²) in [6.07, 6.45) is 0. The molecule has 0 N–H and O–H groups in total. The van der Waals surface area contributed by atoms with Crippen molar-refractivity contribution in [2.24, 2.45) is 0 Å². The summed E-state index contributed by atoms with van der Waals surface area (Å²) in [5, 5.41) is 0. The van der Waals surface area contributed by atoms with Gasteiger partial charge in [0, 0.05) is 13.1 Å². The fourth-order valence-electron chi connectivity index (χ4n) is 1.51. The highest BCUT2D eigenvalue weighted by Crippen LogP contribution is 2.30. The van der Waals surface area contributed by atoms with Crippen LogP contribution >= 0.6 is 12.6 Å². The highest BCUT2D eigenvalue weighted by Gasteiger charge is 2.50. The molecular formula is C8H14N2O2S. The summed E-state index contributed by atoms with van der Waals surface area (Å²) in [5.41, 5.74) is 0. The van der Waals surface area contributed by atoms with Crippen LogP contribution in [0.3, 0.4) is 0 Å². The molecule has 0 aromatic heterocycles. The summed E-state index contributed by atoms with van der Waals surface area (Å²) in [6.45, 7) is 6.17. The molecule has 1 aliphatic heterocycles. The summed E-state index contributed by atoms with van der Waals surface area (Å²) >= 11 is 4.21. The first-order valence-electron chi connectivity index (χ1n) is 4.32. The number of amides is 3. The van der Waals surface area contributed by atoms with E-state index in [0.717, 1.165) is 0 Å². The molecule has 1 rings (SSSR count). The normalized spacial score (nSPS) is 28.9. The van der Waals surface area contributed by atoms with Crippen molar-refractivity contribution in [1.82, 2.24) is 9.80 Å². The van der Waals surface area contributed by atoms with Crippen molar-refractivity contribution in [3.8, 4) is 0 Å². The van der Waals surface area contributed by atoms with Crippen molar-refractivity contribution in [2.45, 2.75) is 25.6 Å². The number of rotatable bonds is 2. The Morgan fingerprint density at radius 3 is 2.08 bits per heavy atom. The van der Waals surface area contributed by atoms with E-state index in [2.05, 4.69) is 12.6 Å². The first kappa shape index (κ1) is 10.4. The Labute approximate surface area is 83.3 Å². The van der Waals surface area contributed by atoms with Crippen LogP contribution in [0.1, 0.15) is 20.8 Å². The average molecular weight is 202 g/mol. The lowest BCUT2D eigenvalue weighted by Crippen LogP contribution is -2.41. The maximum Gasteiger partial charge on any atom is 0.328 e. The van der Waals surface area contributed by atoms with Crippen LogP contribution in [0.25, 0.3) is 0 Å². The molecule has 74 valence electrons. The Hall–Kier alpha value is -0.710. The molecule has 4 nitrogen and oxygen atoms in total. The number of nitrogens with zero attached hydrogens (tertiary/aromatic N) is 2. The number of hydrogen-bond donors (Lipinski definition) is 1. The van der Waals surface area contributed by atoms with Gasteiger partial charge in [-0.3, -0.25) is 9.69 Å². The molecule has 0 aromatic carbocycles. The van der Waals surface area contributed by atoms with Gasteiger partial charge in [0.15, 0.2) is 4.87 Å². The van der Waals surface area contributed by atoms with Gasteiger partial charge in [-0.1, -0.05) is 0 Å². The van der Waals surface area contributed by atoms with Crippen LogP contribution in [0.2, 0.25) is 0 Å². The van der Waals surface area contributed by atoms with Crippen LogP contribution in [0.15, 0.2) is 0 Å². The first-order chi connectivity index (χ1) is 5.96. The zero-order valence-corrected chi connectivity index (χ0v) is 8.97. The van der Waals surface area contributed by atoms with Gasteiger partial charge in [0.25, 0.3) is 5.91 Å². The summed E-state index contributed by atoms with van der Waals surface area (Å²) in [4.78, 5) is 24.9. The molecule has 1 aliphatic rings. The van der Waals surface area contributed by atoms with E-state index in [1.165, 1.54) is 9.80 Å². The van der Waals surface area contributed by atoms with Crippen LogP contribution in [0, 0.1) is 0 Å². The van der Waals surface area contributed by atoms with Gasteiger partial charge >= 0.3 is 6.03 Å². The molecule has 13 heavy (non-hydrogen) atoms. The second-order valence-corrected chi connectivity index (χ2v) is 3.97. The van der Waals surface area contributed by atoms with Gasteiger partial charge in [-0.25, -0.2) is 4.79 Å². The van der Waals surface area contributed by atoms with E-state index in [0.29, 0.717) is 13.1 Å². The van der Waals surface area contributed by atoms with E-state index in [4.69, 9.17) is 0 Å². The van der Waals surface area contributed by atoms with E-state index in [1.54, 1.807) is 13.8 Å². The molecule has 0 bridgehead atoms. The van der Waals surface area contributed by atoms with Crippen molar-refractivity contribution < 1.29 is 9.59 Å². The zero-order chi connectivity index (χ0) is 10.2. The minimum atomic E-state index is -0.970. The molecule has 0 aliphatic carbocycles. The minimum Gasteiger partial charge on any atom is -0.301 e. The maximum atomic E-state index is 11.6. The lowest BCUT2D eigenvalue weighted by atomic mass is 10.3. The lowest BCUT2D eigenvalue weighted by molar-refractivity contribution is -0.128. The van der Waals surface area contributed by atoms with Gasteiger partial charge in [-0.15, -0.1) is 12.6 Å². The molecule has 1 fully saturated rings. The van der Waals surface area contributed by atoms with E-state index in [1.807, 2.05) is 6.92 Å². The molecule has 0 aromatic rings. The molecular weight excluding hydrogens is 188 g/mol. The number of urea groups is 1. The Bertz CT molecular complexity index is 253. The van der Waals surface area contributed by atoms with Crippen LogP contribution in [-0.4, -0.2) is 39.7 Å². The third-order valence-corrected chi connectivity index (χ3v) is 2.70. The van der Waals surface area contributed by atoms with Gasteiger partial charge < -0.3 is 4.90 Å². The first-order valence-corrected chi connectivity index (χ1v) is 4.77. The van der Waals surface area contributed by atoms with Gasteiger partial charge in [0.1, 0.15) is 0 Å². The van der Waals surface area contributed by atoms with Crippen LogP contribution in [0.5, 0.6) is 0 Å². The Kier molecular flexibility index (Phi) is 2.56. The van der Waals surface area contributed by atoms with Crippen molar-refractivity contribution in [2.75, 3.05) is 13.1 Å². The van der Waals surface area contributed by atoms with Crippen molar-refractivity contribution in [1.29, 1.82) is 0 Å². The van der Waals surface area contributed by atoms with Crippen LogP contribution in [-0.2, 0) is 4.79 Å². The third kappa shape index (κ3) is 1.31. The Morgan fingerprint density at radius 1 is 1.31 bits per heavy atom. The molecule has 0 spiro atoms. The third-order valence-electron chi connectivity index (χ3n) is 2.27. The van der Waals surface area contributed by atoms with Gasteiger partial charge in [-0.05, 0) is 20.8 Å². The number of imide groups is 1. The standard InChI is InChI=1S/C8H14N2O2S/c1-4-9-6(11)8(3,13)10(5-2)7(9)12/h13H,4-5H2,1-3H3. The van der Waals surface area contributed by atoms with Crippen molar-refractivity contribution >= 4 is 24.6 Å². The average Bonchev–Trinajstić information content (AvgIpc) is 2.20. The van der Waals surface area contributed by atoms with Gasteiger partial charge in [-0.2, -0.15) is 0 Å². The van der Waals surface area contributed by atoms with Crippen LogP contribution < -0.4 is 0 Å². The number of carbonyl (C=O) groups excluding carboxylic acids is 2. The smallest absolute Gasteiger partial charge is 0.301 e. The predicted octanol–water partition coefficient (Wildman–Crippen LogP) is 0.936. The molecule has 1 atom stereocenters. The van der Waals surface area contributed by atoms with E-state index < -0.39 is 4.87 Å². The number of hydrogen-bond acceptors (Lipinski definition) is 3. The largest absolute Gasteiger partial charge is 0.328 e. The van der Waals surface area contributed by atoms with Gasteiger partial charge in [0.05, 0.1) is 0 Å². The summed E-state index contributed by atoms with van der Waals surface area (Å²) in [5.74, 6) is -0.231. The highest BCUT2D eigenvalue weighted by molar-refractivity contribution is 7.82. The SMILES string of the molecule is CCN1C(=O)N(CC)C(C)(S)C1=O. The second kappa shape index (κ2) is 3.21.